The van der Waals surface area contributed by atoms with Crippen molar-refractivity contribution >= 4 is 0 Å². The Morgan fingerprint density at radius 2 is 2.27 bits per heavy atom. The average Bonchev–Trinajstić information content (AvgIpc) is 2.22. The maximum Gasteiger partial charge on any atom is 0.149 e. The monoisotopic (exact) mass is 207 g/mol. The molecule has 0 aliphatic heterocycles. The average molecular weight is 207 g/mol. The molecule has 0 radical (unpaired) electrons. The van der Waals surface area contributed by atoms with Crippen molar-refractivity contribution in [1.29, 1.82) is 0 Å². The van der Waals surface area contributed by atoms with Crippen molar-refractivity contribution in [2.24, 2.45) is 0 Å². The van der Waals surface area contributed by atoms with E-state index >= 15 is 0 Å². The largest absolute Gasteiger partial charge is 0.481 e. The van der Waals surface area contributed by atoms with E-state index in [1.54, 1.807) is 20.0 Å². The third-order valence-electron chi connectivity index (χ3n) is 1.87. The molecule has 1 aromatic rings. The van der Waals surface area contributed by atoms with Crippen LogP contribution in [0.5, 0.6) is 5.75 Å². The molecule has 0 aromatic heterocycles. The molecule has 0 aliphatic carbocycles. The van der Waals surface area contributed by atoms with Crippen LogP contribution in [0.25, 0.3) is 0 Å². The molecule has 1 rings (SSSR count). The van der Waals surface area contributed by atoms with Gasteiger partial charge in [-0.2, -0.15) is 0 Å². The van der Waals surface area contributed by atoms with Crippen molar-refractivity contribution in [3.63, 3.8) is 0 Å². The first kappa shape index (κ1) is 11.5. The minimum absolute atomic E-state index is 0.255. The van der Waals surface area contributed by atoms with E-state index in [1.807, 2.05) is 0 Å². The number of halogens is 1. The lowest BCUT2D eigenvalue weighted by molar-refractivity contribution is 0.364. The molecule has 0 aliphatic rings. The van der Waals surface area contributed by atoms with Crippen LogP contribution in [-0.4, -0.2) is 13.7 Å². The second-order valence-corrected chi connectivity index (χ2v) is 3.00. The number of ether oxygens (including phenoxy) is 1. The quantitative estimate of drug-likeness (QED) is 0.762. The molecular weight excluding hydrogens is 193 g/mol. The highest BCUT2D eigenvalue weighted by Gasteiger charge is 2.03. The Balaban J connectivity index is 2.78. The zero-order valence-corrected chi connectivity index (χ0v) is 8.93. The molecule has 0 amide bonds. The lowest BCUT2D eigenvalue weighted by Crippen LogP contribution is -2.08. The summed E-state index contributed by atoms with van der Waals surface area (Å²) in [5, 5.41) is 2.96. The Labute approximate surface area is 89.4 Å². The fourth-order valence-corrected chi connectivity index (χ4v) is 1.20. The minimum atomic E-state index is -0.255. The normalized spacial score (nSPS) is 9.27. The standard InChI is InChI=1S/C12H14FNO/c1-3-4-7-15-12-6-5-11(13)8-10(12)9-14-2/h5-6,8,14H,7,9H2,1-2H3. The molecule has 1 N–H and O–H groups in total. The van der Waals surface area contributed by atoms with Crippen molar-refractivity contribution in [2.75, 3.05) is 13.7 Å². The van der Waals surface area contributed by atoms with Gasteiger partial charge in [0.1, 0.15) is 18.2 Å². The first-order valence-corrected chi connectivity index (χ1v) is 4.73. The summed E-state index contributed by atoms with van der Waals surface area (Å²) in [4.78, 5) is 0. The molecule has 0 saturated heterocycles. The van der Waals surface area contributed by atoms with E-state index in [0.29, 0.717) is 18.9 Å². The van der Waals surface area contributed by atoms with Crippen molar-refractivity contribution in [2.45, 2.75) is 13.5 Å². The molecule has 0 heterocycles. The molecule has 15 heavy (non-hydrogen) atoms. The maximum absolute atomic E-state index is 12.9. The highest BCUT2D eigenvalue weighted by molar-refractivity contribution is 5.34. The van der Waals surface area contributed by atoms with Crippen LogP contribution in [0.15, 0.2) is 18.2 Å². The van der Waals surface area contributed by atoms with Gasteiger partial charge in [0.05, 0.1) is 0 Å². The molecule has 0 saturated carbocycles. The Morgan fingerprint density at radius 3 is 2.93 bits per heavy atom. The van der Waals surface area contributed by atoms with Crippen LogP contribution in [-0.2, 0) is 6.54 Å². The van der Waals surface area contributed by atoms with Crippen LogP contribution >= 0.6 is 0 Å². The summed E-state index contributed by atoms with van der Waals surface area (Å²) in [6, 6.07) is 4.47. The smallest absolute Gasteiger partial charge is 0.149 e. The van der Waals surface area contributed by atoms with E-state index in [1.165, 1.54) is 12.1 Å². The molecule has 0 fully saturated rings. The van der Waals surface area contributed by atoms with Gasteiger partial charge in [0.25, 0.3) is 0 Å². The van der Waals surface area contributed by atoms with Crippen LogP contribution in [0.3, 0.4) is 0 Å². The van der Waals surface area contributed by atoms with Crippen LogP contribution in [0, 0.1) is 17.7 Å². The van der Waals surface area contributed by atoms with E-state index in [9.17, 15) is 4.39 Å². The number of rotatable bonds is 4. The predicted molar refractivity (Wildman–Crippen MR) is 58.1 cm³/mol. The van der Waals surface area contributed by atoms with Gasteiger partial charge in [-0.3, -0.25) is 0 Å². The van der Waals surface area contributed by atoms with Crippen LogP contribution in [0.2, 0.25) is 0 Å². The van der Waals surface area contributed by atoms with Crippen molar-refractivity contribution in [3.8, 4) is 17.6 Å². The lowest BCUT2D eigenvalue weighted by Gasteiger charge is -2.09. The summed E-state index contributed by atoms with van der Waals surface area (Å²) in [6.07, 6.45) is 0. The second-order valence-electron chi connectivity index (χ2n) is 3.00. The number of nitrogens with one attached hydrogen (secondary N) is 1. The highest BCUT2D eigenvalue weighted by Crippen LogP contribution is 2.19. The summed E-state index contributed by atoms with van der Waals surface area (Å²) in [7, 11) is 1.81. The molecule has 2 nitrogen and oxygen atoms in total. The molecule has 0 spiro atoms. The molecule has 80 valence electrons. The van der Waals surface area contributed by atoms with E-state index in [-0.39, 0.29) is 5.82 Å². The van der Waals surface area contributed by atoms with Gasteiger partial charge in [0.2, 0.25) is 0 Å². The molecule has 0 unspecified atom stereocenters. The fraction of sp³-hybridized carbons (Fsp3) is 0.333. The summed E-state index contributed by atoms with van der Waals surface area (Å²) in [5.74, 6) is 5.95. The van der Waals surface area contributed by atoms with Crippen molar-refractivity contribution in [1.82, 2.24) is 5.32 Å². The molecule has 1 aromatic carbocycles. The van der Waals surface area contributed by atoms with Gasteiger partial charge in [-0.15, -0.1) is 5.92 Å². The highest BCUT2D eigenvalue weighted by atomic mass is 19.1. The number of hydrogen-bond acceptors (Lipinski definition) is 2. The zero-order valence-electron chi connectivity index (χ0n) is 8.93. The third-order valence-corrected chi connectivity index (χ3v) is 1.87. The van der Waals surface area contributed by atoms with Crippen LogP contribution in [0.1, 0.15) is 12.5 Å². The second kappa shape index (κ2) is 6.05. The van der Waals surface area contributed by atoms with Crippen molar-refractivity contribution < 1.29 is 9.13 Å². The molecule has 3 heteroatoms. The van der Waals surface area contributed by atoms with Gasteiger partial charge in [0, 0.05) is 12.1 Å². The van der Waals surface area contributed by atoms with Gasteiger partial charge >= 0.3 is 0 Å². The van der Waals surface area contributed by atoms with E-state index < -0.39 is 0 Å². The maximum atomic E-state index is 12.9. The lowest BCUT2D eigenvalue weighted by atomic mass is 10.2. The topological polar surface area (TPSA) is 21.3 Å². The SMILES string of the molecule is CC#CCOc1ccc(F)cc1CNC. The summed E-state index contributed by atoms with van der Waals surface area (Å²) in [5.41, 5.74) is 0.801. The fourth-order valence-electron chi connectivity index (χ4n) is 1.20. The van der Waals surface area contributed by atoms with E-state index in [2.05, 4.69) is 17.2 Å². The Hall–Kier alpha value is -1.53. The van der Waals surface area contributed by atoms with Gasteiger partial charge in [0.15, 0.2) is 0 Å². The Morgan fingerprint density at radius 1 is 1.47 bits per heavy atom. The van der Waals surface area contributed by atoms with Gasteiger partial charge in [-0.05, 0) is 32.2 Å². The number of benzene rings is 1. The van der Waals surface area contributed by atoms with E-state index in [0.717, 1.165) is 5.56 Å². The first-order chi connectivity index (χ1) is 7.27. The molecular formula is C12H14FNO. The van der Waals surface area contributed by atoms with Crippen LogP contribution in [0.4, 0.5) is 4.39 Å². The predicted octanol–water partition coefficient (Wildman–Crippen LogP) is 1.95. The van der Waals surface area contributed by atoms with Gasteiger partial charge in [-0.25, -0.2) is 4.39 Å². The third kappa shape index (κ3) is 3.61. The summed E-state index contributed by atoms with van der Waals surface area (Å²) in [6.45, 7) is 2.66. The molecule has 0 atom stereocenters. The molecule has 0 bridgehead atoms. The van der Waals surface area contributed by atoms with Gasteiger partial charge < -0.3 is 10.1 Å². The zero-order chi connectivity index (χ0) is 11.1. The van der Waals surface area contributed by atoms with E-state index in [4.69, 9.17) is 4.74 Å². The summed E-state index contributed by atoms with van der Waals surface area (Å²) < 4.78 is 18.4. The van der Waals surface area contributed by atoms with Gasteiger partial charge in [-0.1, -0.05) is 5.92 Å². The minimum Gasteiger partial charge on any atom is -0.481 e. The Kier molecular flexibility index (Phi) is 4.65. The Bertz CT molecular complexity index is 379. The van der Waals surface area contributed by atoms with Crippen molar-refractivity contribution in [3.05, 3.63) is 29.6 Å². The number of hydrogen-bond donors (Lipinski definition) is 1. The first-order valence-electron chi connectivity index (χ1n) is 4.73. The summed E-state index contributed by atoms with van der Waals surface area (Å²) >= 11 is 0. The van der Waals surface area contributed by atoms with Crippen LogP contribution < -0.4 is 10.1 Å².